The second-order valence-corrected chi connectivity index (χ2v) is 9.54. The van der Waals surface area contributed by atoms with E-state index in [2.05, 4.69) is 10.4 Å². The van der Waals surface area contributed by atoms with Gasteiger partial charge in [-0.2, -0.15) is 10.1 Å². The third kappa shape index (κ3) is 5.10. The van der Waals surface area contributed by atoms with Gasteiger partial charge in [0.15, 0.2) is 5.96 Å². The van der Waals surface area contributed by atoms with Gasteiger partial charge in [0.1, 0.15) is 21.5 Å². The van der Waals surface area contributed by atoms with Gasteiger partial charge in [-0.25, -0.2) is 18.6 Å². The fraction of sp³-hybridized carbons (Fsp3) is 0.375. The molecule has 2 aromatic carbocycles. The molecule has 2 N–H and O–H groups in total. The average molecular weight is 503 g/mol. The van der Waals surface area contributed by atoms with Crippen LogP contribution in [-0.2, 0) is 9.71 Å². The summed E-state index contributed by atoms with van der Waals surface area (Å²) in [5, 5.41) is 18.3. The Kier molecular flexibility index (Phi) is 7.56. The molecule has 1 saturated heterocycles. The number of benzene rings is 2. The molecule has 186 valence electrons. The van der Waals surface area contributed by atoms with Gasteiger partial charge in [0.2, 0.25) is 0 Å². The Balaban J connectivity index is 1.72. The van der Waals surface area contributed by atoms with E-state index in [9.17, 15) is 13.6 Å². The van der Waals surface area contributed by atoms with Crippen molar-refractivity contribution in [2.24, 2.45) is 5.10 Å². The number of thioether (sulfide) groups is 1. The highest BCUT2D eigenvalue weighted by Gasteiger charge is 2.49. The van der Waals surface area contributed by atoms with Crippen molar-refractivity contribution in [3.63, 3.8) is 0 Å². The van der Waals surface area contributed by atoms with Crippen molar-refractivity contribution in [1.82, 2.24) is 20.3 Å². The minimum absolute atomic E-state index is 0.00677. The number of hydrogen-bond acceptors (Lipinski definition) is 5. The number of carbonyl (C=O) groups excluding carboxylic acids is 1. The van der Waals surface area contributed by atoms with Crippen molar-refractivity contribution in [3.8, 4) is 0 Å². The Bertz CT molecular complexity index is 1120. The lowest BCUT2D eigenvalue weighted by atomic mass is 10.00. The summed E-state index contributed by atoms with van der Waals surface area (Å²) >= 11 is 1.22. The number of nitrogens with one attached hydrogen (secondary N) is 2. The molecule has 0 radical (unpaired) electrons. The Morgan fingerprint density at radius 3 is 2.77 bits per heavy atom. The normalized spacial score (nSPS) is 20.0. The van der Waals surface area contributed by atoms with Crippen LogP contribution in [0.2, 0.25) is 0 Å². The smallest absolute Gasteiger partial charge is 0.356 e. The largest absolute Gasteiger partial charge is 0.365 e. The van der Waals surface area contributed by atoms with E-state index in [1.807, 2.05) is 35.2 Å². The molecule has 11 heteroatoms. The highest BCUT2D eigenvalue weighted by Crippen LogP contribution is 2.51. The molecule has 2 aliphatic rings. The molecule has 0 spiro atoms. The first kappa shape index (κ1) is 24.9. The topological polar surface area (TPSA) is 84.3 Å². The van der Waals surface area contributed by atoms with Gasteiger partial charge in [0, 0.05) is 32.2 Å². The Hall–Kier alpha value is -3.18. The monoisotopic (exact) mass is 502 g/mol. The van der Waals surface area contributed by atoms with Gasteiger partial charge in [-0.15, -0.1) is 0 Å². The molecule has 1 atom stereocenters. The zero-order chi connectivity index (χ0) is 25.0. The molecule has 1 unspecified atom stereocenters. The fourth-order valence-corrected chi connectivity index (χ4v) is 5.60. The zero-order valence-corrected chi connectivity index (χ0v) is 20.4. The summed E-state index contributed by atoms with van der Waals surface area (Å²) < 4.78 is 28.8. The quantitative estimate of drug-likeness (QED) is 0.556. The molecule has 0 saturated carbocycles. The summed E-state index contributed by atoms with van der Waals surface area (Å²) in [6, 6.07) is 12.0. The van der Waals surface area contributed by atoms with Crippen LogP contribution in [0, 0.1) is 17.0 Å². The minimum Gasteiger partial charge on any atom is -0.356 e. The lowest BCUT2D eigenvalue weighted by Crippen LogP contribution is -2.49. The van der Waals surface area contributed by atoms with Crippen molar-refractivity contribution in [3.05, 3.63) is 71.3 Å². The van der Waals surface area contributed by atoms with E-state index in [-0.39, 0.29) is 10.6 Å². The first-order valence-corrected chi connectivity index (χ1v) is 12.2. The predicted molar refractivity (Wildman–Crippen MR) is 132 cm³/mol. The van der Waals surface area contributed by atoms with Crippen molar-refractivity contribution in [1.29, 1.82) is 5.41 Å². The van der Waals surface area contributed by atoms with Gasteiger partial charge in [-0.1, -0.05) is 42.1 Å². The predicted octanol–water partition coefficient (Wildman–Crippen LogP) is 4.15. The number of urea groups is 1. The van der Waals surface area contributed by atoms with E-state index < -0.39 is 22.5 Å². The Morgan fingerprint density at radius 1 is 1.29 bits per heavy atom. The first-order valence-electron chi connectivity index (χ1n) is 11.3. The van der Waals surface area contributed by atoms with Crippen LogP contribution in [0.1, 0.15) is 30.4 Å². The number of rotatable bonds is 7. The van der Waals surface area contributed by atoms with Crippen LogP contribution in [-0.4, -0.2) is 65.8 Å². The maximum atomic E-state index is 14.7. The van der Waals surface area contributed by atoms with Crippen LogP contribution in [0.3, 0.4) is 0 Å². The number of halogens is 2. The SMILES string of the molecule is CON(C)C(=O)N1N=C(c2cc(F)ccc2F)SC1(CCCN1CCCNC1=N)c1ccccc1. The van der Waals surface area contributed by atoms with Gasteiger partial charge in [-0.3, -0.25) is 10.2 Å². The maximum absolute atomic E-state index is 14.7. The molecule has 0 aliphatic carbocycles. The van der Waals surface area contributed by atoms with Crippen LogP contribution < -0.4 is 5.32 Å². The van der Waals surface area contributed by atoms with Gasteiger partial charge in [-0.05, 0) is 43.0 Å². The molecular weight excluding hydrogens is 474 g/mol. The fourth-order valence-electron chi connectivity index (χ4n) is 4.19. The lowest BCUT2D eigenvalue weighted by molar-refractivity contribution is -0.0806. The van der Waals surface area contributed by atoms with E-state index in [1.165, 1.54) is 30.9 Å². The molecule has 0 aromatic heterocycles. The maximum Gasteiger partial charge on any atom is 0.365 e. The number of hydrogen-bond donors (Lipinski definition) is 2. The van der Waals surface area contributed by atoms with Gasteiger partial charge in [0.05, 0.1) is 7.11 Å². The van der Waals surface area contributed by atoms with Crippen molar-refractivity contribution in [2.75, 3.05) is 33.8 Å². The third-order valence-corrected chi connectivity index (χ3v) is 7.51. The van der Waals surface area contributed by atoms with Crippen LogP contribution in [0.5, 0.6) is 0 Å². The van der Waals surface area contributed by atoms with E-state index >= 15 is 0 Å². The molecule has 2 aromatic rings. The van der Waals surface area contributed by atoms with Gasteiger partial charge < -0.3 is 10.2 Å². The summed E-state index contributed by atoms with van der Waals surface area (Å²) in [6.45, 7) is 2.16. The zero-order valence-electron chi connectivity index (χ0n) is 19.6. The molecule has 1 fully saturated rings. The molecular formula is C24H28F2N6O2S. The van der Waals surface area contributed by atoms with E-state index in [4.69, 9.17) is 10.2 Å². The summed E-state index contributed by atoms with van der Waals surface area (Å²) in [6.07, 6.45) is 2.02. The molecule has 0 bridgehead atoms. The number of carbonyl (C=O) groups is 1. The number of guanidine groups is 1. The second kappa shape index (κ2) is 10.6. The second-order valence-electron chi connectivity index (χ2n) is 8.28. The Labute approximate surface area is 207 Å². The Morgan fingerprint density at radius 2 is 2.06 bits per heavy atom. The summed E-state index contributed by atoms with van der Waals surface area (Å²) in [4.78, 5) is 19.5. The van der Waals surface area contributed by atoms with E-state index in [1.54, 1.807) is 0 Å². The van der Waals surface area contributed by atoms with Crippen molar-refractivity contribution in [2.45, 2.75) is 24.1 Å². The average Bonchev–Trinajstić information content (AvgIpc) is 3.26. The van der Waals surface area contributed by atoms with Crippen LogP contribution in [0.4, 0.5) is 13.6 Å². The molecule has 2 aliphatic heterocycles. The number of amides is 2. The van der Waals surface area contributed by atoms with Gasteiger partial charge >= 0.3 is 6.03 Å². The van der Waals surface area contributed by atoms with Gasteiger partial charge in [0.25, 0.3) is 0 Å². The standard InChI is InChI=1S/C24H28F2N6O2S/c1-30(34-2)23(33)32-24(17-8-4-3-5-9-17,12-6-14-31-15-7-13-28-22(31)27)35-21(29-32)19-16-18(25)10-11-20(19)26/h3-5,8-11,16H,6-7,12-15H2,1-2H3,(H2,27,28). The highest BCUT2D eigenvalue weighted by molar-refractivity contribution is 8.15. The molecule has 2 heterocycles. The van der Waals surface area contributed by atoms with Crippen LogP contribution in [0.15, 0.2) is 53.6 Å². The van der Waals surface area contributed by atoms with Crippen LogP contribution in [0.25, 0.3) is 0 Å². The first-order chi connectivity index (χ1) is 16.9. The number of nitrogens with zero attached hydrogens (tertiary/aromatic N) is 4. The molecule has 4 rings (SSSR count). The molecule has 35 heavy (non-hydrogen) atoms. The summed E-state index contributed by atoms with van der Waals surface area (Å²) in [7, 11) is 2.84. The van der Waals surface area contributed by atoms with E-state index in [0.29, 0.717) is 25.3 Å². The number of hydroxylamine groups is 2. The summed E-state index contributed by atoms with van der Waals surface area (Å²) in [5.41, 5.74) is 0.790. The lowest BCUT2D eigenvalue weighted by Gasteiger charge is -2.38. The highest BCUT2D eigenvalue weighted by atomic mass is 32.2. The van der Waals surface area contributed by atoms with E-state index in [0.717, 1.165) is 48.3 Å². The summed E-state index contributed by atoms with van der Waals surface area (Å²) in [5.74, 6) is -0.832. The molecule has 8 nitrogen and oxygen atoms in total. The van der Waals surface area contributed by atoms with Crippen molar-refractivity contribution >= 4 is 28.8 Å². The number of hydrazone groups is 1. The van der Waals surface area contributed by atoms with Crippen molar-refractivity contribution < 1.29 is 18.4 Å². The minimum atomic E-state index is -1.02. The molecule has 2 amide bonds. The third-order valence-electron chi connectivity index (χ3n) is 6.06. The van der Waals surface area contributed by atoms with Crippen LogP contribution >= 0.6 is 11.8 Å².